The first-order valence-electron chi connectivity index (χ1n) is 30.5. The smallest absolute Gasteiger partial charge is 0.179 e. The molecule has 3 heterocycles. The molecular weight excluding hydrogens is 989 g/mol. The zero-order valence-corrected chi connectivity index (χ0v) is 48.4. The molecule has 5 nitrogen and oxygen atoms in total. The second-order valence-corrected chi connectivity index (χ2v) is 28.3. The highest BCUT2D eigenvalue weighted by Crippen LogP contribution is 2.45. The maximum atomic E-state index is 9.00. The predicted molar refractivity (Wildman–Crippen MR) is 341 cm³/mol. The molecule has 9 aromatic carbocycles. The van der Waals surface area contributed by atoms with Gasteiger partial charge >= 0.3 is 0 Å². The lowest BCUT2D eigenvalue weighted by Gasteiger charge is -2.34. The molecule has 0 atom stereocenters. The third-order valence-electron chi connectivity index (χ3n) is 16.2. The summed E-state index contributed by atoms with van der Waals surface area (Å²) in [5, 5.41) is 7.49. The van der Waals surface area contributed by atoms with E-state index in [2.05, 4.69) is 265 Å². The Morgan fingerprint density at radius 2 is 1.11 bits per heavy atom. The first kappa shape index (κ1) is 46.5. The Bertz CT molecular complexity index is 4210. The second kappa shape index (κ2) is 20.6. The van der Waals surface area contributed by atoms with E-state index in [-0.39, 0.29) is 46.0 Å². The van der Waals surface area contributed by atoms with Gasteiger partial charge in [-0.25, -0.2) is 4.98 Å². The molecule has 1 aliphatic heterocycles. The Labute approximate surface area is 481 Å². The zero-order valence-electron chi connectivity index (χ0n) is 52.4. The second-order valence-electron chi connectivity index (χ2n) is 24.5. The van der Waals surface area contributed by atoms with Crippen LogP contribution in [0.5, 0.6) is 11.5 Å². The van der Waals surface area contributed by atoms with E-state index in [1.165, 1.54) is 31.9 Å². The van der Waals surface area contributed by atoms with Crippen LogP contribution < -0.4 is 35.3 Å². The summed E-state index contributed by atoms with van der Waals surface area (Å²) in [6, 6.07) is 71.0. The molecule has 0 fully saturated rings. The van der Waals surface area contributed by atoms with Crippen molar-refractivity contribution in [2.24, 2.45) is 0 Å². The minimum atomic E-state index is -2.86. The third-order valence-corrected chi connectivity index (χ3v) is 21.0. The van der Waals surface area contributed by atoms with Gasteiger partial charge in [-0.2, -0.15) is 0 Å². The van der Waals surface area contributed by atoms with Crippen LogP contribution in [-0.2, 0) is 22.7 Å². The predicted octanol–water partition coefficient (Wildman–Crippen LogP) is 16.1. The summed E-state index contributed by atoms with van der Waals surface area (Å²) in [5.74, 6) is 2.25. The number of aromatic nitrogens is 2. The largest absolute Gasteiger partial charge is 0.457 e. The van der Waals surface area contributed by atoms with E-state index in [1.54, 1.807) is 0 Å². The van der Waals surface area contributed by atoms with Gasteiger partial charge in [0.15, 0.2) is 8.07 Å². The van der Waals surface area contributed by atoms with Crippen LogP contribution in [0.2, 0.25) is 0 Å². The SMILES string of the molecule is [2H]c1c([2H])c([2H])c(-c2cc(C(C)(C)C)ccc2CCN2CN(c3cccc(Oc4ccc5c6cc([Si](c7ccccc7)(c7ccccc7)c7ccccc7)ccc6n(-c6cc(C(C)(C)C)ccn6)c5c4)c3)c3cc(C(C)(C)C)ccc32)c([2H])c1[2H]. The van der Waals surface area contributed by atoms with Gasteiger partial charge in [-0.15, -0.1) is 0 Å². The first-order chi connectivity index (χ1) is 40.6. The Hall–Kier alpha value is -8.45. The molecular formula is C74H72N4OSi. The highest BCUT2D eigenvalue weighted by Gasteiger charge is 2.42. The van der Waals surface area contributed by atoms with Crippen LogP contribution in [-0.4, -0.2) is 30.8 Å². The zero-order chi connectivity index (χ0) is 59.7. The molecule has 0 saturated heterocycles. The summed E-state index contributed by atoms with van der Waals surface area (Å²) in [6.45, 7) is 21.0. The number of nitrogens with zero attached hydrogens (tertiary/aromatic N) is 4. The van der Waals surface area contributed by atoms with Crippen LogP contribution in [0.4, 0.5) is 17.1 Å². The topological polar surface area (TPSA) is 33.5 Å². The van der Waals surface area contributed by atoms with Crippen LogP contribution in [0.1, 0.15) is 91.4 Å². The van der Waals surface area contributed by atoms with Crippen molar-refractivity contribution >= 4 is 67.7 Å². The highest BCUT2D eigenvalue weighted by molar-refractivity contribution is 7.20. The molecule has 0 N–H and O–H groups in total. The quantitative estimate of drug-likeness (QED) is 0.0902. The van der Waals surface area contributed by atoms with Crippen molar-refractivity contribution in [3.63, 3.8) is 0 Å². The molecule has 0 radical (unpaired) electrons. The van der Waals surface area contributed by atoms with Gasteiger partial charge in [-0.1, -0.05) is 226 Å². The van der Waals surface area contributed by atoms with E-state index < -0.39 is 14.1 Å². The standard InChI is InChI=1S/C74H72N4OSi/c1-72(2,3)54-34-33-53(65(45-54)52-23-14-10-15-24-52)42-44-76-51-77(70-46-55(73(4,5)6)35-39-68(70)76)57-25-22-26-58(48-57)79-59-36-38-64-66-50-63(37-40-67(66)78(69(64)49-59)71-47-56(41-43-75-71)74(7,8)9)80(60-27-16-11-17-28-60,61-29-18-12-19-30-61)62-31-20-13-21-32-62/h10-41,43,45-50H,42,44,51H2,1-9H3/i10D,14D,15D,23D,24D. The first-order valence-corrected chi connectivity index (χ1v) is 30.0. The molecule has 11 aromatic rings. The van der Waals surface area contributed by atoms with E-state index >= 15 is 0 Å². The molecule has 0 amide bonds. The van der Waals surface area contributed by atoms with E-state index in [1.807, 2.05) is 18.3 Å². The summed E-state index contributed by atoms with van der Waals surface area (Å²) >= 11 is 0. The molecule has 12 rings (SSSR count). The van der Waals surface area contributed by atoms with Crippen LogP contribution in [0.3, 0.4) is 0 Å². The van der Waals surface area contributed by atoms with Crippen LogP contribution in [0.15, 0.2) is 237 Å². The van der Waals surface area contributed by atoms with Crippen molar-refractivity contribution in [1.82, 2.24) is 9.55 Å². The summed E-state index contributed by atoms with van der Waals surface area (Å²) in [7, 11) is -2.86. The number of benzene rings is 9. The van der Waals surface area contributed by atoms with Crippen molar-refractivity contribution in [3.8, 4) is 28.4 Å². The molecule has 0 spiro atoms. The number of anilines is 3. The number of ether oxygens (including phenoxy) is 1. The fourth-order valence-corrected chi connectivity index (χ4v) is 16.6. The maximum absolute atomic E-state index is 9.00. The van der Waals surface area contributed by atoms with Crippen LogP contribution >= 0.6 is 0 Å². The Morgan fingerprint density at radius 3 is 1.76 bits per heavy atom. The molecule has 6 heteroatoms. The molecule has 80 heavy (non-hydrogen) atoms. The van der Waals surface area contributed by atoms with E-state index in [4.69, 9.17) is 16.6 Å². The Balaban J connectivity index is 0.933. The molecule has 0 aliphatic carbocycles. The number of hydrogen-bond acceptors (Lipinski definition) is 4. The number of rotatable bonds is 12. The highest BCUT2D eigenvalue weighted by atomic mass is 28.3. The Morgan fingerprint density at radius 1 is 0.500 bits per heavy atom. The summed E-state index contributed by atoms with van der Waals surface area (Å²) < 4.78 is 52.8. The maximum Gasteiger partial charge on any atom is 0.179 e. The molecule has 0 unspecified atom stereocenters. The van der Waals surface area contributed by atoms with Crippen LogP contribution in [0, 0.1) is 0 Å². The summed E-state index contributed by atoms with van der Waals surface area (Å²) in [6.07, 6.45) is 2.51. The summed E-state index contributed by atoms with van der Waals surface area (Å²) in [4.78, 5) is 9.82. The van der Waals surface area contributed by atoms with Gasteiger partial charge in [0.05, 0.1) is 35.9 Å². The lowest BCUT2D eigenvalue weighted by Crippen LogP contribution is -2.74. The fraction of sp³-hybridized carbons (Fsp3) is 0.203. The van der Waals surface area contributed by atoms with Crippen LogP contribution in [0.25, 0.3) is 38.8 Å². The van der Waals surface area contributed by atoms with E-state index in [0.29, 0.717) is 36.7 Å². The van der Waals surface area contributed by atoms with E-state index in [9.17, 15) is 0 Å². The lowest BCUT2D eigenvalue weighted by atomic mass is 9.83. The minimum Gasteiger partial charge on any atom is -0.457 e. The van der Waals surface area contributed by atoms with Gasteiger partial charge in [-0.3, -0.25) is 4.57 Å². The Kier molecular flexibility index (Phi) is 12.0. The average Bonchev–Trinajstić information content (AvgIpc) is 1.90. The molecule has 398 valence electrons. The van der Waals surface area contributed by atoms with Crippen molar-refractivity contribution in [2.75, 3.05) is 23.0 Å². The van der Waals surface area contributed by atoms with Gasteiger partial charge in [0.1, 0.15) is 17.3 Å². The van der Waals surface area contributed by atoms with Crippen molar-refractivity contribution in [2.45, 2.75) is 85.0 Å². The molecule has 1 aliphatic rings. The van der Waals surface area contributed by atoms with Gasteiger partial charge in [0.2, 0.25) is 0 Å². The fourth-order valence-electron chi connectivity index (χ4n) is 11.8. The van der Waals surface area contributed by atoms with Gasteiger partial charge in [-0.05, 0) is 131 Å². The van der Waals surface area contributed by atoms with Gasteiger partial charge < -0.3 is 14.5 Å². The van der Waals surface area contributed by atoms with Gasteiger partial charge in [0, 0.05) is 41.3 Å². The summed E-state index contributed by atoms with van der Waals surface area (Å²) in [5.41, 5.74) is 10.1. The average molecular weight is 1070 g/mol. The number of pyridine rings is 1. The normalized spacial score (nSPS) is 13.9. The van der Waals surface area contributed by atoms with Crippen molar-refractivity contribution < 1.29 is 11.6 Å². The number of hydrogen-bond donors (Lipinski definition) is 0. The minimum absolute atomic E-state index is 0.101. The molecule has 2 aromatic heterocycles. The van der Waals surface area contributed by atoms with Crippen molar-refractivity contribution in [3.05, 3.63) is 259 Å². The van der Waals surface area contributed by atoms with E-state index in [0.717, 1.165) is 55.8 Å². The van der Waals surface area contributed by atoms with Crippen molar-refractivity contribution in [1.29, 1.82) is 0 Å². The van der Waals surface area contributed by atoms with Gasteiger partial charge in [0.25, 0.3) is 0 Å². The number of fused-ring (bicyclic) bond motifs is 4. The molecule has 0 saturated carbocycles. The monoisotopic (exact) mass is 1070 g/mol. The third kappa shape index (κ3) is 9.81. The lowest BCUT2D eigenvalue weighted by molar-refractivity contribution is 0.483. The molecule has 0 bridgehead atoms.